The first-order chi connectivity index (χ1) is 16.7. The Morgan fingerprint density at radius 1 is 1.06 bits per heavy atom. The van der Waals surface area contributed by atoms with E-state index >= 15 is 0 Å². The molecule has 2 aliphatic heterocycles. The highest BCUT2D eigenvalue weighted by atomic mass is 16.7. The van der Waals surface area contributed by atoms with Gasteiger partial charge in [-0.25, -0.2) is 4.79 Å². The molecule has 0 unspecified atom stereocenters. The molecule has 0 aliphatic carbocycles. The molecule has 180 valence electrons. The molecule has 1 aromatic heterocycles. The summed E-state index contributed by atoms with van der Waals surface area (Å²) < 4.78 is 12.9. The molecule has 35 heavy (non-hydrogen) atoms. The Kier molecular flexibility index (Phi) is 5.39. The van der Waals surface area contributed by atoms with E-state index in [1.807, 2.05) is 38.1 Å². The van der Waals surface area contributed by atoms with Crippen LogP contribution in [0.25, 0.3) is 0 Å². The number of carbonyl (C=O) groups excluding carboxylic acids is 3. The molecule has 2 aromatic carbocycles. The van der Waals surface area contributed by atoms with E-state index < -0.39 is 17.5 Å². The van der Waals surface area contributed by atoms with Crippen LogP contribution in [0.4, 0.5) is 4.79 Å². The van der Waals surface area contributed by atoms with Crippen LogP contribution in [0, 0.1) is 13.8 Å². The third-order valence-electron chi connectivity index (χ3n) is 6.98. The first kappa shape index (κ1) is 22.7. The molecule has 3 aromatic rings. The minimum atomic E-state index is -1.31. The van der Waals surface area contributed by atoms with Gasteiger partial charge in [0.15, 0.2) is 17.3 Å². The summed E-state index contributed by atoms with van der Waals surface area (Å²) in [5.41, 5.74) is 2.62. The molecule has 8 nitrogen and oxygen atoms in total. The highest BCUT2D eigenvalue weighted by Gasteiger charge is 2.50. The molecular weight excluding hydrogens is 446 g/mol. The first-order valence-corrected chi connectivity index (χ1v) is 11.5. The monoisotopic (exact) mass is 473 g/mol. The number of rotatable bonds is 6. The van der Waals surface area contributed by atoms with Crippen LogP contribution in [-0.2, 0) is 10.3 Å². The maximum atomic E-state index is 13.4. The quantitative estimate of drug-likeness (QED) is 0.430. The lowest BCUT2D eigenvalue weighted by Crippen LogP contribution is -2.41. The van der Waals surface area contributed by atoms with E-state index in [1.165, 1.54) is 0 Å². The van der Waals surface area contributed by atoms with Crippen LogP contribution in [0.15, 0.2) is 54.6 Å². The predicted molar refractivity (Wildman–Crippen MR) is 129 cm³/mol. The van der Waals surface area contributed by atoms with Gasteiger partial charge in [-0.05, 0) is 57.0 Å². The van der Waals surface area contributed by atoms with E-state index in [9.17, 15) is 14.4 Å². The van der Waals surface area contributed by atoms with Crippen molar-refractivity contribution in [3.8, 4) is 11.5 Å². The Morgan fingerprint density at radius 2 is 1.77 bits per heavy atom. The molecule has 3 heterocycles. The lowest BCUT2D eigenvalue weighted by molar-refractivity contribution is -0.130. The normalized spacial score (nSPS) is 19.7. The number of ketones is 1. The summed E-state index contributed by atoms with van der Waals surface area (Å²) >= 11 is 0. The summed E-state index contributed by atoms with van der Waals surface area (Å²) in [4.78, 5) is 40.5. The van der Waals surface area contributed by atoms with Gasteiger partial charge in [-0.15, -0.1) is 0 Å². The number of hydrogen-bond acceptors (Lipinski definition) is 5. The third kappa shape index (κ3) is 3.65. The van der Waals surface area contributed by atoms with E-state index in [-0.39, 0.29) is 25.2 Å². The lowest BCUT2D eigenvalue weighted by Gasteiger charge is -2.22. The van der Waals surface area contributed by atoms with Gasteiger partial charge in [0.2, 0.25) is 6.79 Å². The van der Waals surface area contributed by atoms with Gasteiger partial charge in [-0.1, -0.05) is 36.4 Å². The molecule has 0 spiro atoms. The fourth-order valence-corrected chi connectivity index (χ4v) is 5.01. The molecule has 3 amide bonds. The maximum Gasteiger partial charge on any atom is 0.325 e. The second-order valence-corrected chi connectivity index (χ2v) is 9.18. The number of nitrogens with one attached hydrogen (secondary N) is 1. The van der Waals surface area contributed by atoms with E-state index in [4.69, 9.17) is 9.47 Å². The van der Waals surface area contributed by atoms with Crippen molar-refractivity contribution in [2.75, 3.05) is 13.3 Å². The van der Waals surface area contributed by atoms with Gasteiger partial charge in [0.25, 0.3) is 5.91 Å². The maximum absolute atomic E-state index is 13.4. The van der Waals surface area contributed by atoms with Crippen LogP contribution in [0.5, 0.6) is 11.5 Å². The number of urea groups is 1. The summed E-state index contributed by atoms with van der Waals surface area (Å²) in [6, 6.07) is 16.4. The van der Waals surface area contributed by atoms with Gasteiger partial charge < -0.3 is 19.4 Å². The first-order valence-electron chi connectivity index (χ1n) is 11.5. The number of imide groups is 1. The zero-order valence-corrected chi connectivity index (χ0v) is 20.1. The Morgan fingerprint density at radius 3 is 2.51 bits per heavy atom. The summed E-state index contributed by atoms with van der Waals surface area (Å²) in [5, 5.41) is 2.75. The number of aromatic nitrogens is 1. The smallest absolute Gasteiger partial charge is 0.325 e. The van der Waals surface area contributed by atoms with Crippen molar-refractivity contribution in [1.82, 2.24) is 14.8 Å². The van der Waals surface area contributed by atoms with E-state index in [0.717, 1.165) is 21.9 Å². The highest BCUT2D eigenvalue weighted by Crippen LogP contribution is 2.38. The van der Waals surface area contributed by atoms with Crippen LogP contribution in [0.3, 0.4) is 0 Å². The molecule has 5 rings (SSSR count). The topological polar surface area (TPSA) is 89.9 Å². The Hall–Kier alpha value is -4.07. The van der Waals surface area contributed by atoms with Crippen molar-refractivity contribution in [1.29, 1.82) is 0 Å². The van der Waals surface area contributed by atoms with Crippen LogP contribution in [0.2, 0.25) is 0 Å². The third-order valence-corrected chi connectivity index (χ3v) is 6.98. The van der Waals surface area contributed by atoms with Crippen LogP contribution >= 0.6 is 0 Å². The molecule has 1 N–H and O–H groups in total. The van der Waals surface area contributed by atoms with E-state index in [2.05, 4.69) is 28.9 Å². The number of nitrogens with zero attached hydrogens (tertiary/aromatic N) is 2. The second-order valence-electron chi connectivity index (χ2n) is 9.18. The number of carbonyl (C=O) groups is 3. The molecular formula is C27H27N3O5. The van der Waals surface area contributed by atoms with Crippen molar-refractivity contribution in [2.45, 2.75) is 39.3 Å². The second kappa shape index (κ2) is 8.30. The van der Waals surface area contributed by atoms with E-state index in [0.29, 0.717) is 22.6 Å². The van der Waals surface area contributed by atoms with Crippen molar-refractivity contribution < 1.29 is 23.9 Å². The Labute approximate surface area is 203 Å². The molecule has 1 saturated heterocycles. The number of benzene rings is 2. The fraction of sp³-hybridized carbons (Fsp3) is 0.296. The van der Waals surface area contributed by atoms with E-state index in [1.54, 1.807) is 25.1 Å². The summed E-state index contributed by atoms with van der Waals surface area (Å²) in [5.74, 6) is 0.325. The number of amides is 3. The summed E-state index contributed by atoms with van der Waals surface area (Å²) in [6.07, 6.45) is 0. The minimum Gasteiger partial charge on any atom is -0.454 e. The van der Waals surface area contributed by atoms with Crippen molar-refractivity contribution >= 4 is 17.7 Å². The molecule has 0 bridgehead atoms. The van der Waals surface area contributed by atoms with Crippen LogP contribution < -0.4 is 14.8 Å². The zero-order valence-electron chi connectivity index (χ0n) is 20.1. The summed E-state index contributed by atoms with van der Waals surface area (Å²) in [7, 11) is 0. The predicted octanol–water partition coefficient (Wildman–Crippen LogP) is 4.09. The average molecular weight is 474 g/mol. The fourth-order valence-electron chi connectivity index (χ4n) is 5.01. The highest BCUT2D eigenvalue weighted by molar-refractivity contribution is 6.11. The SMILES string of the molecule is Cc1cc(C(=O)CN2C(=O)N[C@@](C)(c3ccc4c(c3)OCO4)C2=O)c(C)n1[C@@H](C)c1ccccc1. The van der Waals surface area contributed by atoms with Crippen LogP contribution in [0.1, 0.15) is 52.8 Å². The van der Waals surface area contributed by atoms with Crippen LogP contribution in [-0.4, -0.2) is 40.5 Å². The number of hydrogen-bond donors (Lipinski definition) is 1. The number of Topliss-reactive ketones (excluding diaryl/α,β-unsaturated/α-hetero) is 1. The van der Waals surface area contributed by atoms with Crippen molar-refractivity contribution in [3.63, 3.8) is 0 Å². The number of ether oxygens (including phenoxy) is 2. The molecule has 2 aliphatic rings. The van der Waals surface area contributed by atoms with Gasteiger partial charge in [-0.3, -0.25) is 14.5 Å². The molecule has 0 saturated carbocycles. The molecule has 1 fully saturated rings. The average Bonchev–Trinajstić information content (AvgIpc) is 3.50. The standard InChI is InChI=1S/C27H27N3O5/c1-16-12-21(18(3)30(16)17(2)19-8-6-5-7-9-19)22(31)14-29-25(32)27(4,28-26(29)33)20-10-11-23-24(13-20)35-15-34-23/h5-13,17H,14-15H2,1-4H3,(H,28,33)/t17-,27-/m0/s1. The van der Waals surface area contributed by atoms with Gasteiger partial charge in [0.1, 0.15) is 5.54 Å². The lowest BCUT2D eigenvalue weighted by atomic mass is 9.91. The number of fused-ring (bicyclic) bond motifs is 1. The van der Waals surface area contributed by atoms with Crippen molar-refractivity contribution in [2.24, 2.45) is 0 Å². The summed E-state index contributed by atoms with van der Waals surface area (Å²) in [6.45, 7) is 7.32. The largest absolute Gasteiger partial charge is 0.454 e. The van der Waals surface area contributed by atoms with Gasteiger partial charge in [0.05, 0.1) is 12.6 Å². The minimum absolute atomic E-state index is 0.0313. The van der Waals surface area contributed by atoms with Gasteiger partial charge in [0, 0.05) is 17.0 Å². The number of aryl methyl sites for hydroxylation is 1. The molecule has 0 radical (unpaired) electrons. The Bertz CT molecular complexity index is 1350. The molecule has 8 heteroatoms. The molecule has 2 atom stereocenters. The van der Waals surface area contributed by atoms with Gasteiger partial charge >= 0.3 is 6.03 Å². The zero-order chi connectivity index (χ0) is 24.9. The van der Waals surface area contributed by atoms with Gasteiger partial charge in [-0.2, -0.15) is 0 Å². The van der Waals surface area contributed by atoms with Crippen molar-refractivity contribution in [3.05, 3.63) is 82.7 Å². The Balaban J connectivity index is 1.39.